The lowest BCUT2D eigenvalue weighted by Gasteiger charge is -2.17. The maximum atomic E-state index is 12.5. The van der Waals surface area contributed by atoms with Gasteiger partial charge in [0.15, 0.2) is 0 Å². The number of aromatic nitrogens is 1. The highest BCUT2D eigenvalue weighted by Gasteiger charge is 2.24. The van der Waals surface area contributed by atoms with Gasteiger partial charge in [0, 0.05) is 24.2 Å². The lowest BCUT2D eigenvalue weighted by atomic mass is 10.3. The molecule has 2 aromatic rings. The minimum Gasteiger partial charge on any atom is -0.326 e. The maximum Gasteiger partial charge on any atom is 0.244 e. The highest BCUT2D eigenvalue weighted by molar-refractivity contribution is 7.89. The molecule has 7 heteroatoms. The van der Waals surface area contributed by atoms with E-state index in [0.29, 0.717) is 9.77 Å². The van der Waals surface area contributed by atoms with Gasteiger partial charge in [-0.1, -0.05) is 6.07 Å². The van der Waals surface area contributed by atoms with E-state index in [1.165, 1.54) is 15.6 Å². The summed E-state index contributed by atoms with van der Waals surface area (Å²) in [6.45, 7) is 2.34. The minimum atomic E-state index is -3.53. The second kappa shape index (κ2) is 6.01. The van der Waals surface area contributed by atoms with Crippen LogP contribution in [-0.2, 0) is 23.1 Å². The molecule has 20 heavy (non-hydrogen) atoms. The van der Waals surface area contributed by atoms with Gasteiger partial charge in [0.1, 0.15) is 0 Å². The molecule has 0 atom stereocenters. The molecule has 0 bridgehead atoms. The van der Waals surface area contributed by atoms with E-state index in [1.54, 1.807) is 18.5 Å². The Kier molecular flexibility index (Phi) is 4.54. The van der Waals surface area contributed by atoms with Crippen molar-refractivity contribution in [3.8, 4) is 0 Å². The van der Waals surface area contributed by atoms with Crippen molar-refractivity contribution in [1.82, 2.24) is 9.29 Å². The van der Waals surface area contributed by atoms with Crippen LogP contribution in [-0.4, -0.2) is 24.8 Å². The van der Waals surface area contributed by atoms with Gasteiger partial charge >= 0.3 is 0 Å². The van der Waals surface area contributed by atoms with Gasteiger partial charge in [-0.15, -0.1) is 11.3 Å². The average Bonchev–Trinajstić information content (AvgIpc) is 2.87. The first kappa shape index (κ1) is 15.1. The molecule has 0 aliphatic carbocycles. The quantitative estimate of drug-likeness (QED) is 0.912. The molecule has 2 aromatic heterocycles. The van der Waals surface area contributed by atoms with Crippen molar-refractivity contribution in [1.29, 1.82) is 0 Å². The molecular weight excluding hydrogens is 294 g/mol. The van der Waals surface area contributed by atoms with Gasteiger partial charge in [-0.2, -0.15) is 4.31 Å². The molecule has 108 valence electrons. The van der Waals surface area contributed by atoms with Gasteiger partial charge in [-0.3, -0.25) is 4.98 Å². The van der Waals surface area contributed by atoms with Crippen LogP contribution in [0.1, 0.15) is 16.3 Å². The molecule has 2 heterocycles. The first-order valence-corrected chi connectivity index (χ1v) is 8.42. The lowest BCUT2D eigenvalue weighted by molar-refractivity contribution is 0.461. The summed E-state index contributed by atoms with van der Waals surface area (Å²) in [5, 5.41) is 1.74. The summed E-state index contributed by atoms with van der Waals surface area (Å²) in [6.07, 6.45) is 0. The molecule has 0 radical (unpaired) electrons. The van der Waals surface area contributed by atoms with Crippen molar-refractivity contribution < 1.29 is 8.42 Å². The van der Waals surface area contributed by atoms with Gasteiger partial charge in [-0.05, 0) is 30.5 Å². The summed E-state index contributed by atoms with van der Waals surface area (Å²) >= 11 is 1.36. The van der Waals surface area contributed by atoms with E-state index < -0.39 is 10.0 Å². The minimum absolute atomic E-state index is 0.225. The number of nitrogens with two attached hydrogens (primary N) is 1. The van der Waals surface area contributed by atoms with Crippen LogP contribution in [0.25, 0.3) is 0 Å². The molecule has 2 rings (SSSR count). The van der Waals surface area contributed by atoms with Gasteiger partial charge in [0.2, 0.25) is 10.0 Å². The summed E-state index contributed by atoms with van der Waals surface area (Å²) in [4.78, 5) is 5.29. The molecule has 0 unspecified atom stereocenters. The predicted octanol–water partition coefficient (Wildman–Crippen LogP) is 1.73. The number of hydrogen-bond acceptors (Lipinski definition) is 5. The molecule has 5 nitrogen and oxygen atoms in total. The van der Waals surface area contributed by atoms with E-state index in [-0.39, 0.29) is 13.1 Å². The summed E-state index contributed by atoms with van der Waals surface area (Å²) in [7, 11) is -1.97. The highest BCUT2D eigenvalue weighted by atomic mass is 32.2. The fourth-order valence-corrected chi connectivity index (χ4v) is 4.32. The van der Waals surface area contributed by atoms with Crippen LogP contribution < -0.4 is 5.73 Å². The fraction of sp³-hybridized carbons (Fsp3) is 0.308. The van der Waals surface area contributed by atoms with E-state index in [1.807, 2.05) is 25.1 Å². The van der Waals surface area contributed by atoms with Crippen molar-refractivity contribution in [2.45, 2.75) is 24.9 Å². The molecule has 0 saturated heterocycles. The van der Waals surface area contributed by atoms with Crippen molar-refractivity contribution in [3.63, 3.8) is 0 Å². The van der Waals surface area contributed by atoms with E-state index in [4.69, 9.17) is 5.73 Å². The first-order chi connectivity index (χ1) is 9.45. The van der Waals surface area contributed by atoms with E-state index in [9.17, 15) is 8.42 Å². The Balaban J connectivity index is 2.26. The van der Waals surface area contributed by atoms with Gasteiger partial charge in [-0.25, -0.2) is 8.42 Å². The Morgan fingerprint density at radius 1 is 1.35 bits per heavy atom. The van der Waals surface area contributed by atoms with Crippen LogP contribution in [0.5, 0.6) is 0 Å². The third kappa shape index (κ3) is 3.06. The smallest absolute Gasteiger partial charge is 0.244 e. The highest BCUT2D eigenvalue weighted by Crippen LogP contribution is 2.24. The number of aryl methyl sites for hydroxylation is 1. The van der Waals surface area contributed by atoms with Crippen LogP contribution in [0.15, 0.2) is 34.5 Å². The Labute approximate surface area is 123 Å². The van der Waals surface area contributed by atoms with Gasteiger partial charge in [0.25, 0.3) is 0 Å². The van der Waals surface area contributed by atoms with Crippen LogP contribution in [0.4, 0.5) is 0 Å². The SMILES string of the molecule is Cc1cccc(CN(C)S(=O)(=O)c2ccsc2CN)n1. The Bertz CT molecular complexity index is 695. The zero-order valence-electron chi connectivity index (χ0n) is 11.4. The molecule has 0 fully saturated rings. The molecule has 0 aliphatic rings. The summed E-state index contributed by atoms with van der Waals surface area (Å²) in [6, 6.07) is 7.16. The number of thiophene rings is 1. The fourth-order valence-electron chi connectivity index (χ4n) is 1.88. The third-order valence-corrected chi connectivity index (χ3v) is 5.87. The second-order valence-corrected chi connectivity index (χ2v) is 7.46. The topological polar surface area (TPSA) is 76.3 Å². The number of hydrogen-bond donors (Lipinski definition) is 1. The second-order valence-electron chi connectivity index (χ2n) is 4.44. The molecule has 0 aliphatic heterocycles. The predicted molar refractivity (Wildman–Crippen MR) is 79.8 cm³/mol. The summed E-state index contributed by atoms with van der Waals surface area (Å²) in [5.74, 6) is 0. The number of sulfonamides is 1. The zero-order valence-corrected chi connectivity index (χ0v) is 13.0. The van der Waals surface area contributed by atoms with Crippen molar-refractivity contribution >= 4 is 21.4 Å². The van der Waals surface area contributed by atoms with E-state index in [0.717, 1.165) is 11.4 Å². The van der Waals surface area contributed by atoms with E-state index in [2.05, 4.69) is 4.98 Å². The summed E-state index contributed by atoms with van der Waals surface area (Å²) in [5.41, 5.74) is 7.17. The largest absolute Gasteiger partial charge is 0.326 e. The lowest BCUT2D eigenvalue weighted by Crippen LogP contribution is -2.27. The molecular formula is C13H17N3O2S2. The van der Waals surface area contributed by atoms with Crippen LogP contribution in [0, 0.1) is 6.92 Å². The molecule has 0 aromatic carbocycles. The van der Waals surface area contributed by atoms with Crippen LogP contribution >= 0.6 is 11.3 Å². The Morgan fingerprint density at radius 3 is 2.75 bits per heavy atom. The Morgan fingerprint density at radius 2 is 2.10 bits per heavy atom. The monoisotopic (exact) mass is 311 g/mol. The Hall–Kier alpha value is -1.28. The molecule has 0 amide bonds. The molecule has 0 spiro atoms. The van der Waals surface area contributed by atoms with Crippen molar-refractivity contribution in [2.75, 3.05) is 7.05 Å². The maximum absolute atomic E-state index is 12.5. The standard InChI is InChI=1S/C13H17N3O2S2/c1-10-4-3-5-11(15-10)9-16(2)20(17,18)13-6-7-19-12(13)8-14/h3-7H,8-9,14H2,1-2H3. The number of pyridine rings is 1. The van der Waals surface area contributed by atoms with Gasteiger partial charge < -0.3 is 5.73 Å². The van der Waals surface area contributed by atoms with Crippen molar-refractivity contribution in [2.24, 2.45) is 5.73 Å². The van der Waals surface area contributed by atoms with E-state index >= 15 is 0 Å². The zero-order chi connectivity index (χ0) is 14.8. The third-order valence-electron chi connectivity index (χ3n) is 2.91. The molecule has 2 N–H and O–H groups in total. The van der Waals surface area contributed by atoms with Gasteiger partial charge in [0.05, 0.1) is 17.1 Å². The van der Waals surface area contributed by atoms with Crippen LogP contribution in [0.2, 0.25) is 0 Å². The number of nitrogens with zero attached hydrogens (tertiary/aromatic N) is 2. The first-order valence-electron chi connectivity index (χ1n) is 6.10. The summed E-state index contributed by atoms with van der Waals surface area (Å²) < 4.78 is 26.3. The molecule has 0 saturated carbocycles. The van der Waals surface area contributed by atoms with Crippen molar-refractivity contribution in [3.05, 3.63) is 45.9 Å². The van der Waals surface area contributed by atoms with Crippen LogP contribution in [0.3, 0.4) is 0 Å². The normalized spacial score (nSPS) is 12.0. The average molecular weight is 311 g/mol. The number of rotatable bonds is 5.